The quantitative estimate of drug-likeness (QED) is 0.734. The molecule has 2 aromatic rings. The van der Waals surface area contributed by atoms with Crippen molar-refractivity contribution in [2.45, 2.75) is 31.0 Å². The number of ether oxygens (including phenoxy) is 1. The fraction of sp³-hybridized carbons (Fsp3) is 0.529. The van der Waals surface area contributed by atoms with Crippen LogP contribution in [0.15, 0.2) is 23.4 Å². The molecule has 1 amide bonds. The first kappa shape index (κ1) is 17.6. The molecule has 1 aromatic carbocycles. The molecule has 0 N–H and O–H groups in total. The fourth-order valence-electron chi connectivity index (χ4n) is 2.95. The van der Waals surface area contributed by atoms with Gasteiger partial charge in [-0.1, -0.05) is 23.4 Å². The third-order valence-corrected chi connectivity index (χ3v) is 5.42. The second-order valence-corrected chi connectivity index (χ2v) is 7.28. The highest BCUT2D eigenvalue weighted by atomic mass is 35.5. The predicted octanol–water partition coefficient (Wildman–Crippen LogP) is 3.44. The Kier molecular flexibility index (Phi) is 6.03. The highest BCUT2D eigenvalue weighted by Crippen LogP contribution is 2.26. The lowest BCUT2D eigenvalue weighted by Gasteiger charge is -2.26. The van der Waals surface area contributed by atoms with Crippen molar-refractivity contribution < 1.29 is 9.53 Å². The van der Waals surface area contributed by atoms with Crippen molar-refractivity contribution in [2.24, 2.45) is 0 Å². The second kappa shape index (κ2) is 8.23. The van der Waals surface area contributed by atoms with E-state index in [0.29, 0.717) is 23.9 Å². The van der Waals surface area contributed by atoms with Crippen molar-refractivity contribution in [3.8, 4) is 0 Å². The molecule has 0 bridgehead atoms. The van der Waals surface area contributed by atoms with Gasteiger partial charge in [0.05, 0.1) is 23.4 Å². The van der Waals surface area contributed by atoms with Crippen LogP contribution in [0.2, 0.25) is 5.02 Å². The Bertz CT molecular complexity index is 713. The van der Waals surface area contributed by atoms with Crippen LogP contribution in [0.1, 0.15) is 19.3 Å². The molecule has 0 aliphatic carbocycles. The van der Waals surface area contributed by atoms with Crippen LogP contribution in [0, 0.1) is 0 Å². The van der Waals surface area contributed by atoms with E-state index < -0.39 is 0 Å². The summed E-state index contributed by atoms with van der Waals surface area (Å²) in [6.45, 7) is 3.07. The maximum absolute atomic E-state index is 12.4. The number of piperidine rings is 1. The minimum atomic E-state index is 0.197. The third kappa shape index (κ3) is 4.05. The first-order valence-electron chi connectivity index (χ1n) is 8.24. The molecule has 7 heteroatoms. The molecule has 1 aliphatic rings. The van der Waals surface area contributed by atoms with E-state index in [4.69, 9.17) is 16.3 Å². The molecule has 130 valence electrons. The van der Waals surface area contributed by atoms with Crippen LogP contribution in [-0.2, 0) is 16.1 Å². The van der Waals surface area contributed by atoms with E-state index in [-0.39, 0.29) is 5.91 Å². The summed E-state index contributed by atoms with van der Waals surface area (Å²) in [6.07, 6.45) is 3.45. The van der Waals surface area contributed by atoms with Crippen molar-refractivity contribution >= 4 is 40.3 Å². The van der Waals surface area contributed by atoms with E-state index in [2.05, 4.69) is 9.55 Å². The zero-order valence-electron chi connectivity index (χ0n) is 13.8. The lowest BCUT2D eigenvalue weighted by Crippen LogP contribution is -2.36. The normalized spacial score (nSPS) is 15.2. The molecule has 1 saturated heterocycles. The number of carbonyl (C=O) groups excluding carboxylic acids is 1. The summed E-state index contributed by atoms with van der Waals surface area (Å²) < 4.78 is 7.30. The maximum atomic E-state index is 12.4. The van der Waals surface area contributed by atoms with E-state index >= 15 is 0 Å². The molecule has 2 heterocycles. The zero-order chi connectivity index (χ0) is 16.9. The first-order chi connectivity index (χ1) is 11.7. The number of halogens is 1. The first-order valence-corrected chi connectivity index (χ1v) is 9.60. The van der Waals surface area contributed by atoms with Crippen molar-refractivity contribution in [2.75, 3.05) is 32.6 Å². The second-order valence-electron chi connectivity index (χ2n) is 5.90. The average molecular weight is 368 g/mol. The highest BCUT2D eigenvalue weighted by Gasteiger charge is 2.18. The largest absolute Gasteiger partial charge is 0.383 e. The molecular formula is C17H22ClN3O2S. The van der Waals surface area contributed by atoms with Crippen LogP contribution in [0.25, 0.3) is 11.0 Å². The molecule has 1 aliphatic heterocycles. The zero-order valence-corrected chi connectivity index (χ0v) is 15.4. The maximum Gasteiger partial charge on any atom is 0.233 e. The minimum absolute atomic E-state index is 0.197. The van der Waals surface area contributed by atoms with Gasteiger partial charge in [0.15, 0.2) is 5.16 Å². The number of amides is 1. The number of nitrogens with zero attached hydrogens (tertiary/aromatic N) is 3. The van der Waals surface area contributed by atoms with Crippen molar-refractivity contribution in [1.29, 1.82) is 0 Å². The average Bonchev–Trinajstić information content (AvgIpc) is 2.95. The van der Waals surface area contributed by atoms with Gasteiger partial charge in [-0.05, 0) is 37.5 Å². The number of likely N-dealkylation sites (tertiary alicyclic amines) is 1. The molecule has 0 unspecified atom stereocenters. The predicted molar refractivity (Wildman–Crippen MR) is 97.8 cm³/mol. The molecular weight excluding hydrogens is 346 g/mol. The lowest BCUT2D eigenvalue weighted by atomic mass is 10.1. The SMILES string of the molecule is COCCn1c(SCC(=O)N2CCCCC2)nc2cc(Cl)ccc21. The monoisotopic (exact) mass is 367 g/mol. The number of benzene rings is 1. The number of hydrogen-bond donors (Lipinski definition) is 0. The molecule has 1 aromatic heterocycles. The van der Waals surface area contributed by atoms with Crippen LogP contribution in [-0.4, -0.2) is 52.9 Å². The molecule has 0 saturated carbocycles. The van der Waals surface area contributed by atoms with Gasteiger partial charge in [-0.3, -0.25) is 4.79 Å². The Hall–Kier alpha value is -1.24. The highest BCUT2D eigenvalue weighted by molar-refractivity contribution is 7.99. The van der Waals surface area contributed by atoms with E-state index in [9.17, 15) is 4.79 Å². The Morgan fingerprint density at radius 2 is 2.12 bits per heavy atom. The van der Waals surface area contributed by atoms with E-state index in [1.54, 1.807) is 7.11 Å². The molecule has 0 radical (unpaired) electrons. The standard InChI is InChI=1S/C17H22ClN3O2S/c1-23-10-9-21-15-6-5-13(18)11-14(15)19-17(21)24-12-16(22)20-7-3-2-4-8-20/h5-6,11H,2-4,7-10,12H2,1H3. The van der Waals surface area contributed by atoms with Crippen LogP contribution in [0.4, 0.5) is 0 Å². The van der Waals surface area contributed by atoms with Gasteiger partial charge in [0.25, 0.3) is 0 Å². The third-order valence-electron chi connectivity index (χ3n) is 4.23. The van der Waals surface area contributed by atoms with E-state index in [0.717, 1.165) is 42.1 Å². The number of carbonyl (C=O) groups is 1. The number of fused-ring (bicyclic) bond motifs is 1. The lowest BCUT2D eigenvalue weighted by molar-refractivity contribution is -0.129. The van der Waals surface area contributed by atoms with E-state index in [1.807, 2.05) is 23.1 Å². The Morgan fingerprint density at radius 1 is 1.33 bits per heavy atom. The molecule has 5 nitrogen and oxygen atoms in total. The van der Waals surface area contributed by atoms with Gasteiger partial charge in [-0.2, -0.15) is 0 Å². The number of methoxy groups -OCH3 is 1. The summed E-state index contributed by atoms with van der Waals surface area (Å²) in [4.78, 5) is 19.0. The van der Waals surface area contributed by atoms with Gasteiger partial charge in [-0.15, -0.1) is 0 Å². The molecule has 24 heavy (non-hydrogen) atoms. The number of rotatable bonds is 6. The van der Waals surface area contributed by atoms with Gasteiger partial charge >= 0.3 is 0 Å². The van der Waals surface area contributed by atoms with Gasteiger partial charge in [-0.25, -0.2) is 4.98 Å². The molecule has 3 rings (SSSR count). The molecule has 0 atom stereocenters. The summed E-state index contributed by atoms with van der Waals surface area (Å²) >= 11 is 7.56. The van der Waals surface area contributed by atoms with Crippen molar-refractivity contribution in [1.82, 2.24) is 14.5 Å². The van der Waals surface area contributed by atoms with Crippen LogP contribution < -0.4 is 0 Å². The molecule has 1 fully saturated rings. The van der Waals surface area contributed by atoms with Crippen LogP contribution in [0.5, 0.6) is 0 Å². The number of aromatic nitrogens is 2. The fourth-order valence-corrected chi connectivity index (χ4v) is 4.06. The van der Waals surface area contributed by atoms with Gasteiger partial charge in [0.2, 0.25) is 5.91 Å². The van der Waals surface area contributed by atoms with Crippen molar-refractivity contribution in [3.63, 3.8) is 0 Å². The summed E-state index contributed by atoms with van der Waals surface area (Å²) in [5, 5.41) is 1.51. The summed E-state index contributed by atoms with van der Waals surface area (Å²) in [5.74, 6) is 0.618. The van der Waals surface area contributed by atoms with Gasteiger partial charge in [0.1, 0.15) is 0 Å². The summed E-state index contributed by atoms with van der Waals surface area (Å²) in [5.41, 5.74) is 1.87. The van der Waals surface area contributed by atoms with Crippen molar-refractivity contribution in [3.05, 3.63) is 23.2 Å². The van der Waals surface area contributed by atoms with Crippen LogP contribution in [0.3, 0.4) is 0 Å². The van der Waals surface area contributed by atoms with Gasteiger partial charge < -0.3 is 14.2 Å². The number of imidazole rings is 1. The molecule has 0 spiro atoms. The summed E-state index contributed by atoms with van der Waals surface area (Å²) in [6, 6.07) is 5.69. The number of hydrogen-bond acceptors (Lipinski definition) is 4. The minimum Gasteiger partial charge on any atom is -0.383 e. The topological polar surface area (TPSA) is 47.4 Å². The Morgan fingerprint density at radius 3 is 2.88 bits per heavy atom. The smallest absolute Gasteiger partial charge is 0.233 e. The number of thioether (sulfide) groups is 1. The Labute approximate surface area is 151 Å². The summed E-state index contributed by atoms with van der Waals surface area (Å²) in [7, 11) is 1.68. The Balaban J connectivity index is 1.75. The van der Waals surface area contributed by atoms with Crippen LogP contribution >= 0.6 is 23.4 Å². The van der Waals surface area contributed by atoms with Gasteiger partial charge in [0, 0.05) is 31.8 Å². The van der Waals surface area contributed by atoms with E-state index in [1.165, 1.54) is 18.2 Å².